The molecule has 2 aliphatic carbocycles. The lowest BCUT2D eigenvalue weighted by atomic mass is 9.87. The first kappa shape index (κ1) is 15.1. The lowest BCUT2D eigenvalue weighted by molar-refractivity contribution is -0.137. The number of likely N-dealkylation sites (tertiary alicyclic amines) is 1. The summed E-state index contributed by atoms with van der Waals surface area (Å²) >= 11 is 5.33. The SMILES string of the molecule is O=C(C1CCCCC1)N1CCC(NC(=S)NC2CC2)CC1. The van der Waals surface area contributed by atoms with Crippen molar-refractivity contribution < 1.29 is 4.79 Å². The maximum Gasteiger partial charge on any atom is 0.225 e. The number of carbonyl (C=O) groups is 1. The monoisotopic (exact) mass is 309 g/mol. The predicted octanol–water partition coefficient (Wildman–Crippen LogP) is 2.18. The average Bonchev–Trinajstić information content (AvgIpc) is 3.32. The fourth-order valence-corrected chi connectivity index (χ4v) is 3.83. The molecule has 1 saturated heterocycles. The van der Waals surface area contributed by atoms with E-state index in [1.54, 1.807) is 0 Å². The minimum Gasteiger partial charge on any atom is -0.360 e. The van der Waals surface area contributed by atoms with Crippen molar-refractivity contribution >= 4 is 23.2 Å². The lowest BCUT2D eigenvalue weighted by Crippen LogP contribution is -2.50. The summed E-state index contributed by atoms with van der Waals surface area (Å²) in [7, 11) is 0. The van der Waals surface area contributed by atoms with Crippen LogP contribution in [0.4, 0.5) is 0 Å². The quantitative estimate of drug-likeness (QED) is 0.785. The number of hydrogen-bond acceptors (Lipinski definition) is 2. The Hall–Kier alpha value is -0.840. The van der Waals surface area contributed by atoms with E-state index in [9.17, 15) is 4.79 Å². The van der Waals surface area contributed by atoms with E-state index >= 15 is 0 Å². The summed E-state index contributed by atoms with van der Waals surface area (Å²) in [6.45, 7) is 1.78. The van der Waals surface area contributed by atoms with Gasteiger partial charge in [-0.25, -0.2) is 0 Å². The van der Waals surface area contributed by atoms with E-state index in [0.717, 1.165) is 43.9 Å². The van der Waals surface area contributed by atoms with E-state index < -0.39 is 0 Å². The lowest BCUT2D eigenvalue weighted by Gasteiger charge is -2.35. The number of carbonyl (C=O) groups excluding carboxylic acids is 1. The van der Waals surface area contributed by atoms with Gasteiger partial charge in [-0.05, 0) is 50.7 Å². The van der Waals surface area contributed by atoms with Crippen molar-refractivity contribution in [2.75, 3.05) is 13.1 Å². The molecule has 0 bridgehead atoms. The minimum absolute atomic E-state index is 0.306. The van der Waals surface area contributed by atoms with Gasteiger partial charge < -0.3 is 15.5 Å². The van der Waals surface area contributed by atoms with Gasteiger partial charge in [-0.2, -0.15) is 0 Å². The van der Waals surface area contributed by atoms with Crippen molar-refractivity contribution in [3.05, 3.63) is 0 Å². The van der Waals surface area contributed by atoms with E-state index in [2.05, 4.69) is 15.5 Å². The Morgan fingerprint density at radius 3 is 2.00 bits per heavy atom. The predicted molar refractivity (Wildman–Crippen MR) is 88.1 cm³/mol. The van der Waals surface area contributed by atoms with Crippen molar-refractivity contribution in [3.8, 4) is 0 Å². The second-order valence-corrected chi connectivity index (χ2v) is 7.23. The van der Waals surface area contributed by atoms with Crippen molar-refractivity contribution in [2.45, 2.75) is 69.9 Å². The van der Waals surface area contributed by atoms with Gasteiger partial charge in [-0.15, -0.1) is 0 Å². The van der Waals surface area contributed by atoms with E-state index in [-0.39, 0.29) is 0 Å². The Labute approximate surface area is 133 Å². The van der Waals surface area contributed by atoms with Crippen LogP contribution in [0.15, 0.2) is 0 Å². The molecule has 0 aromatic carbocycles. The highest BCUT2D eigenvalue weighted by molar-refractivity contribution is 7.80. The molecule has 1 aliphatic heterocycles. The molecule has 0 radical (unpaired) electrons. The summed E-state index contributed by atoms with van der Waals surface area (Å²) in [5, 5.41) is 7.54. The molecule has 1 heterocycles. The van der Waals surface area contributed by atoms with E-state index in [4.69, 9.17) is 12.2 Å². The first-order valence-electron chi connectivity index (χ1n) is 8.58. The van der Waals surface area contributed by atoms with Crippen LogP contribution in [0, 0.1) is 5.92 Å². The third-order valence-corrected chi connectivity index (χ3v) is 5.24. The van der Waals surface area contributed by atoms with Crippen LogP contribution in [0.5, 0.6) is 0 Å². The number of hydrogen-bond donors (Lipinski definition) is 2. The number of nitrogens with one attached hydrogen (secondary N) is 2. The van der Waals surface area contributed by atoms with Crippen LogP contribution in [0.25, 0.3) is 0 Å². The molecule has 21 heavy (non-hydrogen) atoms. The number of rotatable bonds is 3. The zero-order valence-corrected chi connectivity index (χ0v) is 13.6. The van der Waals surface area contributed by atoms with Gasteiger partial charge in [0.1, 0.15) is 0 Å². The van der Waals surface area contributed by atoms with Gasteiger partial charge in [0, 0.05) is 31.1 Å². The molecule has 3 fully saturated rings. The first-order valence-corrected chi connectivity index (χ1v) is 8.99. The Morgan fingerprint density at radius 1 is 0.857 bits per heavy atom. The van der Waals surface area contributed by atoms with Gasteiger partial charge in [-0.1, -0.05) is 19.3 Å². The molecule has 3 rings (SSSR count). The largest absolute Gasteiger partial charge is 0.360 e. The van der Waals surface area contributed by atoms with Crippen molar-refractivity contribution in [1.29, 1.82) is 0 Å². The number of piperidine rings is 1. The highest BCUT2D eigenvalue weighted by atomic mass is 32.1. The van der Waals surface area contributed by atoms with Crippen molar-refractivity contribution in [1.82, 2.24) is 15.5 Å². The molecule has 2 saturated carbocycles. The summed E-state index contributed by atoms with van der Waals surface area (Å²) < 4.78 is 0. The fraction of sp³-hybridized carbons (Fsp3) is 0.875. The highest BCUT2D eigenvalue weighted by Crippen LogP contribution is 2.26. The summed E-state index contributed by atoms with van der Waals surface area (Å²) in [6, 6.07) is 1.04. The molecular weight excluding hydrogens is 282 g/mol. The van der Waals surface area contributed by atoms with E-state index in [1.807, 2.05) is 0 Å². The third-order valence-electron chi connectivity index (χ3n) is 5.01. The van der Waals surface area contributed by atoms with Crippen molar-refractivity contribution in [2.24, 2.45) is 5.92 Å². The van der Waals surface area contributed by atoms with Crippen LogP contribution in [-0.2, 0) is 4.79 Å². The molecule has 0 spiro atoms. The Kier molecular flexibility index (Phi) is 4.99. The summed E-state index contributed by atoms with van der Waals surface area (Å²) in [6.07, 6.45) is 10.5. The molecule has 0 aromatic rings. The molecule has 0 unspecified atom stereocenters. The normalized spacial score (nSPS) is 24.7. The highest BCUT2D eigenvalue weighted by Gasteiger charge is 2.29. The van der Waals surface area contributed by atoms with Crippen LogP contribution in [0.1, 0.15) is 57.8 Å². The van der Waals surface area contributed by atoms with Gasteiger partial charge in [0.15, 0.2) is 5.11 Å². The Morgan fingerprint density at radius 2 is 1.43 bits per heavy atom. The zero-order valence-electron chi connectivity index (χ0n) is 12.8. The van der Waals surface area contributed by atoms with Crippen LogP contribution < -0.4 is 10.6 Å². The molecule has 3 aliphatic rings. The van der Waals surface area contributed by atoms with Gasteiger partial charge in [0.25, 0.3) is 0 Å². The zero-order chi connectivity index (χ0) is 14.7. The molecule has 2 N–H and O–H groups in total. The number of amides is 1. The van der Waals surface area contributed by atoms with E-state index in [0.29, 0.717) is 23.9 Å². The smallest absolute Gasteiger partial charge is 0.225 e. The fourth-order valence-electron chi connectivity index (χ4n) is 3.49. The summed E-state index contributed by atoms with van der Waals surface area (Å²) in [5.41, 5.74) is 0. The first-order chi connectivity index (χ1) is 10.2. The molecule has 5 heteroatoms. The second-order valence-electron chi connectivity index (χ2n) is 6.83. The summed E-state index contributed by atoms with van der Waals surface area (Å²) in [5.74, 6) is 0.715. The third kappa shape index (κ3) is 4.31. The minimum atomic E-state index is 0.306. The molecule has 118 valence electrons. The number of nitrogens with zero attached hydrogens (tertiary/aromatic N) is 1. The molecule has 0 aromatic heterocycles. The molecule has 1 amide bonds. The second kappa shape index (κ2) is 6.95. The standard InChI is InChI=1S/C16H27N3OS/c20-15(12-4-2-1-3-5-12)19-10-8-14(9-11-19)18-16(21)17-13-6-7-13/h12-14H,1-11H2,(H2,17,18,21). The van der Waals surface area contributed by atoms with Crippen LogP contribution >= 0.6 is 12.2 Å². The number of thiocarbonyl (C=S) groups is 1. The van der Waals surface area contributed by atoms with Gasteiger partial charge in [0.2, 0.25) is 5.91 Å². The van der Waals surface area contributed by atoms with Crippen LogP contribution in [-0.4, -0.2) is 41.1 Å². The maximum atomic E-state index is 12.5. The topological polar surface area (TPSA) is 44.4 Å². The molecule has 0 atom stereocenters. The van der Waals surface area contributed by atoms with Crippen molar-refractivity contribution in [3.63, 3.8) is 0 Å². The Bertz CT molecular complexity index is 383. The van der Waals surface area contributed by atoms with Crippen LogP contribution in [0.2, 0.25) is 0 Å². The Balaban J connectivity index is 1.39. The van der Waals surface area contributed by atoms with Gasteiger partial charge in [-0.3, -0.25) is 4.79 Å². The molecular formula is C16H27N3OS. The van der Waals surface area contributed by atoms with Crippen LogP contribution in [0.3, 0.4) is 0 Å². The van der Waals surface area contributed by atoms with Gasteiger partial charge >= 0.3 is 0 Å². The summed E-state index contributed by atoms with van der Waals surface area (Å²) in [4.78, 5) is 14.6. The average molecular weight is 309 g/mol. The molecule has 4 nitrogen and oxygen atoms in total. The maximum absolute atomic E-state index is 12.5. The van der Waals surface area contributed by atoms with E-state index in [1.165, 1.54) is 32.1 Å². The van der Waals surface area contributed by atoms with Gasteiger partial charge in [0.05, 0.1) is 0 Å².